The second-order valence-electron chi connectivity index (χ2n) is 8.37. The number of benzene rings is 2. The third-order valence-corrected chi connectivity index (χ3v) is 5.66. The molecule has 0 amide bonds. The molecule has 1 N–H and O–H groups in total. The Kier molecular flexibility index (Phi) is 5.58. The maximum absolute atomic E-state index is 13.2. The van der Waals surface area contributed by atoms with Crippen molar-refractivity contribution in [2.45, 2.75) is 33.5 Å². The number of hydrogen-bond donors (Lipinski definition) is 1. The molecule has 36 heavy (non-hydrogen) atoms. The zero-order valence-corrected chi connectivity index (χ0v) is 19.5. The van der Waals surface area contributed by atoms with Gasteiger partial charge in [0.2, 0.25) is 17.7 Å². The van der Waals surface area contributed by atoms with E-state index in [1.54, 1.807) is 13.0 Å². The number of alkyl halides is 3. The highest BCUT2D eigenvalue weighted by Crippen LogP contribution is 2.31. The topological polar surface area (TPSA) is 103 Å². The summed E-state index contributed by atoms with van der Waals surface area (Å²) in [6.45, 7) is 5.61. The van der Waals surface area contributed by atoms with Crippen molar-refractivity contribution in [3.8, 4) is 11.4 Å². The molecule has 5 rings (SSSR count). The Hall–Kier alpha value is -4.48. The third-order valence-electron chi connectivity index (χ3n) is 5.66. The van der Waals surface area contributed by atoms with E-state index in [1.807, 2.05) is 32.0 Å². The van der Waals surface area contributed by atoms with Crippen molar-refractivity contribution in [2.75, 3.05) is 5.32 Å². The summed E-state index contributed by atoms with van der Waals surface area (Å²) in [5.74, 6) is 0.281. The number of rotatable bonds is 5. The number of anilines is 2. The fourth-order valence-corrected chi connectivity index (χ4v) is 3.69. The van der Waals surface area contributed by atoms with Crippen LogP contribution in [-0.4, -0.2) is 29.3 Å². The number of hydrogen-bond acceptors (Lipinski definition) is 7. The van der Waals surface area contributed by atoms with Crippen LogP contribution in [0.4, 0.5) is 24.8 Å². The molecule has 2 aromatic carbocycles. The normalized spacial score (nSPS) is 11.8. The lowest BCUT2D eigenvalue weighted by Gasteiger charge is -2.09. The number of halogens is 3. The number of nitrogens with zero attached hydrogens (tertiary/aromatic N) is 6. The van der Waals surface area contributed by atoms with E-state index in [0.717, 1.165) is 33.6 Å². The largest absolute Gasteiger partial charge is 0.416 e. The number of aryl methyl sites for hydroxylation is 3. The van der Waals surface area contributed by atoms with Crippen LogP contribution in [0.15, 0.2) is 57.8 Å². The molecule has 0 fully saturated rings. The first-order valence-corrected chi connectivity index (χ1v) is 10.9. The average Bonchev–Trinajstić information content (AvgIpc) is 3.40. The lowest BCUT2D eigenvalue weighted by molar-refractivity contribution is -0.137. The second-order valence-corrected chi connectivity index (χ2v) is 8.37. The first-order chi connectivity index (χ1) is 17.1. The molecule has 0 saturated carbocycles. The molecule has 3 heterocycles. The molecule has 0 radical (unpaired) electrons. The molecule has 0 bridgehead atoms. The summed E-state index contributed by atoms with van der Waals surface area (Å²) in [6.07, 6.45) is -4.50. The molecular formula is C24H20F3N7O2. The van der Waals surface area contributed by atoms with Gasteiger partial charge in [0.05, 0.1) is 5.56 Å². The Labute approximate surface area is 202 Å². The fourth-order valence-electron chi connectivity index (χ4n) is 3.69. The van der Waals surface area contributed by atoms with Crippen LogP contribution in [0, 0.1) is 20.8 Å². The Morgan fingerprint density at radius 2 is 1.81 bits per heavy atom. The molecule has 0 spiro atoms. The van der Waals surface area contributed by atoms with Gasteiger partial charge >= 0.3 is 11.9 Å². The summed E-state index contributed by atoms with van der Waals surface area (Å²) >= 11 is 0. The van der Waals surface area contributed by atoms with Crippen LogP contribution in [0.1, 0.15) is 28.3 Å². The van der Waals surface area contributed by atoms with E-state index in [4.69, 9.17) is 4.52 Å². The summed E-state index contributed by atoms with van der Waals surface area (Å²) in [4.78, 5) is 21.8. The smallest absolute Gasteiger partial charge is 0.337 e. The van der Waals surface area contributed by atoms with Crippen LogP contribution >= 0.6 is 0 Å². The summed E-state index contributed by atoms with van der Waals surface area (Å²) in [5.41, 5.74) is 2.81. The Bertz CT molecular complexity index is 1650. The van der Waals surface area contributed by atoms with Gasteiger partial charge in [0.25, 0.3) is 0 Å². The highest BCUT2D eigenvalue weighted by molar-refractivity contribution is 5.59. The van der Waals surface area contributed by atoms with Gasteiger partial charge in [-0.15, -0.1) is 5.10 Å². The van der Waals surface area contributed by atoms with Gasteiger partial charge in [0, 0.05) is 23.0 Å². The highest BCUT2D eigenvalue weighted by Gasteiger charge is 2.30. The minimum atomic E-state index is -4.50. The Balaban J connectivity index is 1.46. The van der Waals surface area contributed by atoms with Gasteiger partial charge in [0.1, 0.15) is 6.54 Å². The van der Waals surface area contributed by atoms with Crippen molar-refractivity contribution < 1.29 is 17.7 Å². The van der Waals surface area contributed by atoms with Crippen molar-refractivity contribution in [1.29, 1.82) is 0 Å². The first-order valence-electron chi connectivity index (χ1n) is 10.9. The van der Waals surface area contributed by atoms with Crippen molar-refractivity contribution in [3.63, 3.8) is 0 Å². The number of aromatic nitrogens is 6. The van der Waals surface area contributed by atoms with Gasteiger partial charge in [0.15, 0.2) is 5.65 Å². The Morgan fingerprint density at radius 1 is 1.00 bits per heavy atom. The summed E-state index contributed by atoms with van der Waals surface area (Å²) in [6, 6.07) is 12.1. The first kappa shape index (κ1) is 23.3. The monoisotopic (exact) mass is 495 g/mol. The maximum atomic E-state index is 13.2. The van der Waals surface area contributed by atoms with Crippen LogP contribution in [-0.2, 0) is 12.7 Å². The molecule has 0 atom stereocenters. The van der Waals surface area contributed by atoms with E-state index in [-0.39, 0.29) is 23.8 Å². The maximum Gasteiger partial charge on any atom is 0.416 e. The van der Waals surface area contributed by atoms with E-state index >= 15 is 0 Å². The molecule has 0 aliphatic rings. The highest BCUT2D eigenvalue weighted by atomic mass is 19.4. The van der Waals surface area contributed by atoms with Crippen molar-refractivity contribution in [1.82, 2.24) is 29.3 Å². The van der Waals surface area contributed by atoms with Crippen molar-refractivity contribution in [2.24, 2.45) is 0 Å². The second kappa shape index (κ2) is 8.63. The van der Waals surface area contributed by atoms with E-state index in [0.29, 0.717) is 17.3 Å². The third kappa shape index (κ3) is 4.44. The van der Waals surface area contributed by atoms with Gasteiger partial charge in [-0.2, -0.15) is 18.2 Å². The molecule has 0 aliphatic heterocycles. The molecule has 9 nitrogen and oxygen atoms in total. The number of nitrogens with one attached hydrogen (secondary N) is 1. The Morgan fingerprint density at radius 3 is 2.56 bits per heavy atom. The van der Waals surface area contributed by atoms with Crippen LogP contribution in [0.3, 0.4) is 0 Å². The summed E-state index contributed by atoms with van der Waals surface area (Å²) < 4.78 is 46.8. The number of fused-ring (bicyclic) bond motifs is 1. The standard InChI is InChI=1S/C24H20F3N7O2/c1-13-7-8-18(9-14(13)2)29-22-28-15(3)10-19-31-33(23(35)34(19)22)12-20-30-21(32-36-20)16-5-4-6-17(11-16)24(25,26)27/h4-11H,12H2,1-3H3,(H,28,29). The van der Waals surface area contributed by atoms with E-state index in [1.165, 1.54) is 16.5 Å². The quantitative estimate of drug-likeness (QED) is 0.378. The fraction of sp³-hybridized carbons (Fsp3) is 0.208. The zero-order valence-electron chi connectivity index (χ0n) is 19.5. The van der Waals surface area contributed by atoms with Gasteiger partial charge in [-0.3, -0.25) is 0 Å². The van der Waals surface area contributed by atoms with Crippen LogP contribution < -0.4 is 11.0 Å². The van der Waals surface area contributed by atoms with Gasteiger partial charge in [-0.1, -0.05) is 23.4 Å². The summed E-state index contributed by atoms with van der Waals surface area (Å²) in [5, 5.41) is 11.3. The minimum absolute atomic E-state index is 0.0151. The molecule has 5 aromatic rings. The van der Waals surface area contributed by atoms with E-state index in [9.17, 15) is 18.0 Å². The predicted molar refractivity (Wildman–Crippen MR) is 125 cm³/mol. The minimum Gasteiger partial charge on any atom is -0.337 e. The zero-order chi connectivity index (χ0) is 25.6. The molecule has 0 aliphatic carbocycles. The molecular weight excluding hydrogens is 475 g/mol. The van der Waals surface area contributed by atoms with Crippen LogP contribution in [0.2, 0.25) is 0 Å². The van der Waals surface area contributed by atoms with E-state index < -0.39 is 17.4 Å². The molecule has 12 heteroatoms. The predicted octanol–water partition coefficient (Wildman–Crippen LogP) is 4.68. The van der Waals surface area contributed by atoms with Crippen LogP contribution in [0.5, 0.6) is 0 Å². The molecule has 184 valence electrons. The van der Waals surface area contributed by atoms with Crippen LogP contribution in [0.25, 0.3) is 17.0 Å². The molecule has 0 saturated heterocycles. The van der Waals surface area contributed by atoms with Gasteiger partial charge in [-0.25, -0.2) is 18.9 Å². The average molecular weight is 495 g/mol. The SMILES string of the molecule is Cc1cc2nn(Cc3nc(-c4cccc(C(F)(F)F)c4)no3)c(=O)n2c(Nc2ccc(C)c(C)c2)n1. The van der Waals surface area contributed by atoms with Crippen molar-refractivity contribution in [3.05, 3.63) is 87.3 Å². The van der Waals surface area contributed by atoms with Gasteiger partial charge in [-0.05, 0) is 56.2 Å². The molecule has 3 aromatic heterocycles. The van der Waals surface area contributed by atoms with E-state index in [2.05, 4.69) is 25.5 Å². The van der Waals surface area contributed by atoms with Gasteiger partial charge < -0.3 is 9.84 Å². The summed E-state index contributed by atoms with van der Waals surface area (Å²) in [7, 11) is 0. The lowest BCUT2D eigenvalue weighted by atomic mass is 10.1. The lowest BCUT2D eigenvalue weighted by Crippen LogP contribution is -2.23. The molecule has 0 unspecified atom stereocenters. The van der Waals surface area contributed by atoms with Crippen molar-refractivity contribution >= 4 is 17.3 Å².